The van der Waals surface area contributed by atoms with E-state index in [1.165, 1.54) is 12.1 Å². The van der Waals surface area contributed by atoms with Crippen molar-refractivity contribution in [1.29, 1.82) is 0 Å². The first-order valence-electron chi connectivity index (χ1n) is 6.50. The van der Waals surface area contributed by atoms with E-state index in [0.717, 1.165) is 22.6 Å². The molecule has 0 saturated carbocycles. The molecule has 0 unspecified atom stereocenters. The van der Waals surface area contributed by atoms with Crippen LogP contribution in [0.5, 0.6) is 0 Å². The Bertz CT molecular complexity index is 676. The molecule has 20 heavy (non-hydrogen) atoms. The second-order valence-electron chi connectivity index (χ2n) is 4.98. The number of anilines is 1. The molecule has 0 radical (unpaired) electrons. The van der Waals surface area contributed by atoms with Crippen LogP contribution in [0.1, 0.15) is 17.0 Å². The lowest BCUT2D eigenvalue weighted by Crippen LogP contribution is -2.23. The van der Waals surface area contributed by atoms with Gasteiger partial charge in [0.2, 0.25) is 5.91 Å². The Hall–Kier alpha value is -2.36. The number of aromatic nitrogens is 1. The molecule has 104 valence electrons. The number of nitrogens with one attached hydrogen (secondary N) is 1. The van der Waals surface area contributed by atoms with Gasteiger partial charge < -0.3 is 9.88 Å². The van der Waals surface area contributed by atoms with Crippen LogP contribution in [0.25, 0.3) is 0 Å². The molecule has 0 aliphatic carbocycles. The average Bonchev–Trinajstić information content (AvgIpc) is 2.33. The molecule has 0 aliphatic rings. The van der Waals surface area contributed by atoms with Crippen molar-refractivity contribution < 1.29 is 4.79 Å². The van der Waals surface area contributed by atoms with Gasteiger partial charge in [0.25, 0.3) is 0 Å². The van der Waals surface area contributed by atoms with Gasteiger partial charge in [-0.15, -0.1) is 0 Å². The highest BCUT2D eigenvalue weighted by Gasteiger charge is 2.07. The Morgan fingerprint density at radius 3 is 2.35 bits per heavy atom. The number of hydrogen-bond donors (Lipinski definition) is 1. The van der Waals surface area contributed by atoms with Crippen LogP contribution >= 0.6 is 0 Å². The van der Waals surface area contributed by atoms with Gasteiger partial charge in [-0.05, 0) is 38.5 Å². The van der Waals surface area contributed by atoms with Crippen molar-refractivity contribution in [2.45, 2.75) is 27.3 Å². The molecule has 1 amide bonds. The second-order valence-corrected chi connectivity index (χ2v) is 4.98. The number of carbonyl (C=O) groups excluding carboxylic acids is 1. The predicted octanol–water partition coefficient (Wildman–Crippen LogP) is 2.41. The van der Waals surface area contributed by atoms with Crippen LogP contribution in [0.2, 0.25) is 0 Å². The summed E-state index contributed by atoms with van der Waals surface area (Å²) >= 11 is 0. The smallest absolute Gasteiger partial charge is 0.244 e. The molecular weight excluding hydrogens is 252 g/mol. The summed E-state index contributed by atoms with van der Waals surface area (Å²) in [7, 11) is 0. The summed E-state index contributed by atoms with van der Waals surface area (Å²) in [5, 5.41) is 2.86. The Morgan fingerprint density at radius 1 is 1.10 bits per heavy atom. The number of hydrogen-bond acceptors (Lipinski definition) is 2. The number of nitrogens with zero attached hydrogens (tertiary/aromatic N) is 1. The molecule has 2 rings (SSSR count). The van der Waals surface area contributed by atoms with Gasteiger partial charge in [-0.2, -0.15) is 0 Å². The first kappa shape index (κ1) is 14.1. The SMILES string of the molecule is Cc1cccc(NC(=O)Cn2c(C)cc(=O)cc2C)c1. The van der Waals surface area contributed by atoms with Crippen molar-refractivity contribution in [3.8, 4) is 0 Å². The van der Waals surface area contributed by atoms with Crippen LogP contribution in [-0.4, -0.2) is 10.5 Å². The molecular formula is C16H18N2O2. The van der Waals surface area contributed by atoms with Crippen LogP contribution in [0.15, 0.2) is 41.2 Å². The van der Waals surface area contributed by atoms with E-state index in [0.29, 0.717) is 0 Å². The average molecular weight is 270 g/mol. The quantitative estimate of drug-likeness (QED) is 0.931. The highest BCUT2D eigenvalue weighted by Crippen LogP contribution is 2.10. The second kappa shape index (κ2) is 5.74. The lowest BCUT2D eigenvalue weighted by molar-refractivity contribution is -0.116. The highest BCUT2D eigenvalue weighted by molar-refractivity contribution is 5.90. The summed E-state index contributed by atoms with van der Waals surface area (Å²) in [6.45, 7) is 5.83. The summed E-state index contributed by atoms with van der Waals surface area (Å²) in [6, 6.07) is 10.7. The Labute approximate surface area is 118 Å². The Balaban J connectivity index is 2.15. The van der Waals surface area contributed by atoms with Gasteiger partial charge in [0.15, 0.2) is 5.43 Å². The standard InChI is InChI=1S/C16H18N2O2/c1-11-5-4-6-14(7-11)17-16(20)10-18-12(2)8-15(19)9-13(18)3/h4-9H,10H2,1-3H3,(H,17,20). The van der Waals surface area contributed by atoms with E-state index in [4.69, 9.17) is 0 Å². The fraction of sp³-hybridized carbons (Fsp3) is 0.250. The molecule has 1 N–H and O–H groups in total. The molecule has 4 heteroatoms. The molecule has 1 aromatic carbocycles. The first-order valence-corrected chi connectivity index (χ1v) is 6.50. The van der Waals surface area contributed by atoms with E-state index in [2.05, 4.69) is 5.32 Å². The maximum absolute atomic E-state index is 12.1. The number of amides is 1. The minimum absolute atomic E-state index is 0.0321. The predicted molar refractivity (Wildman–Crippen MR) is 80.0 cm³/mol. The van der Waals surface area contributed by atoms with Crippen LogP contribution in [0, 0.1) is 20.8 Å². The molecule has 0 bridgehead atoms. The number of carbonyl (C=O) groups is 1. The van der Waals surface area contributed by atoms with Crippen molar-refractivity contribution in [2.24, 2.45) is 0 Å². The van der Waals surface area contributed by atoms with Crippen molar-refractivity contribution in [3.63, 3.8) is 0 Å². The van der Waals surface area contributed by atoms with E-state index in [9.17, 15) is 9.59 Å². The molecule has 0 aliphatic heterocycles. The van der Waals surface area contributed by atoms with E-state index in [1.807, 2.05) is 49.6 Å². The van der Waals surface area contributed by atoms with Crippen LogP contribution in [-0.2, 0) is 11.3 Å². The highest BCUT2D eigenvalue weighted by atomic mass is 16.2. The third kappa shape index (κ3) is 3.35. The van der Waals surface area contributed by atoms with Gasteiger partial charge >= 0.3 is 0 Å². The molecule has 0 fully saturated rings. The van der Waals surface area contributed by atoms with E-state index in [-0.39, 0.29) is 17.9 Å². The van der Waals surface area contributed by atoms with Crippen molar-refractivity contribution in [3.05, 3.63) is 63.6 Å². The van der Waals surface area contributed by atoms with Crippen molar-refractivity contribution in [1.82, 2.24) is 4.57 Å². The van der Waals surface area contributed by atoms with Crippen LogP contribution < -0.4 is 10.7 Å². The van der Waals surface area contributed by atoms with Crippen LogP contribution in [0.4, 0.5) is 5.69 Å². The first-order chi connectivity index (χ1) is 9.45. The van der Waals surface area contributed by atoms with E-state index in [1.54, 1.807) is 0 Å². The molecule has 0 saturated heterocycles. The molecule has 1 aromatic heterocycles. The topological polar surface area (TPSA) is 51.1 Å². The van der Waals surface area contributed by atoms with E-state index >= 15 is 0 Å². The summed E-state index contributed by atoms with van der Waals surface area (Å²) < 4.78 is 1.83. The summed E-state index contributed by atoms with van der Waals surface area (Å²) in [5.74, 6) is -0.106. The molecule has 1 heterocycles. The zero-order valence-electron chi connectivity index (χ0n) is 11.9. The Kier molecular flexibility index (Phi) is 4.03. The van der Waals surface area contributed by atoms with Gasteiger partial charge in [-0.3, -0.25) is 9.59 Å². The molecule has 0 spiro atoms. The summed E-state index contributed by atoms with van der Waals surface area (Å²) in [5.41, 5.74) is 3.42. The minimum Gasteiger partial charge on any atom is -0.340 e. The fourth-order valence-corrected chi connectivity index (χ4v) is 2.20. The molecule has 0 atom stereocenters. The zero-order chi connectivity index (χ0) is 14.7. The van der Waals surface area contributed by atoms with Gasteiger partial charge in [0.05, 0.1) is 0 Å². The zero-order valence-corrected chi connectivity index (χ0v) is 11.9. The van der Waals surface area contributed by atoms with Crippen LogP contribution in [0.3, 0.4) is 0 Å². The number of rotatable bonds is 3. The van der Waals surface area contributed by atoms with Crippen molar-refractivity contribution in [2.75, 3.05) is 5.32 Å². The number of pyridine rings is 1. The molecule has 2 aromatic rings. The summed E-state index contributed by atoms with van der Waals surface area (Å²) in [4.78, 5) is 23.4. The van der Waals surface area contributed by atoms with Gasteiger partial charge in [0.1, 0.15) is 6.54 Å². The van der Waals surface area contributed by atoms with Crippen molar-refractivity contribution >= 4 is 11.6 Å². The monoisotopic (exact) mass is 270 g/mol. The third-order valence-corrected chi connectivity index (χ3v) is 3.16. The van der Waals surface area contributed by atoms with Gasteiger partial charge in [0, 0.05) is 29.2 Å². The largest absolute Gasteiger partial charge is 0.340 e. The number of aryl methyl sites for hydroxylation is 3. The maximum Gasteiger partial charge on any atom is 0.244 e. The Morgan fingerprint density at radius 2 is 1.75 bits per heavy atom. The molecule has 4 nitrogen and oxygen atoms in total. The maximum atomic E-state index is 12.1. The lowest BCUT2D eigenvalue weighted by Gasteiger charge is -2.14. The number of benzene rings is 1. The van der Waals surface area contributed by atoms with E-state index < -0.39 is 0 Å². The normalized spacial score (nSPS) is 10.3. The lowest BCUT2D eigenvalue weighted by atomic mass is 10.2. The fourth-order valence-electron chi connectivity index (χ4n) is 2.20. The van der Waals surface area contributed by atoms with Gasteiger partial charge in [-0.25, -0.2) is 0 Å². The summed E-state index contributed by atoms with van der Waals surface area (Å²) in [6.07, 6.45) is 0. The van der Waals surface area contributed by atoms with Gasteiger partial charge in [-0.1, -0.05) is 12.1 Å². The third-order valence-electron chi connectivity index (χ3n) is 3.16. The minimum atomic E-state index is -0.106.